The lowest BCUT2D eigenvalue weighted by Gasteiger charge is -2.15. The summed E-state index contributed by atoms with van der Waals surface area (Å²) in [5.74, 6) is 0.690. The van der Waals surface area contributed by atoms with Crippen molar-refractivity contribution in [3.05, 3.63) is 65.7 Å². The topological polar surface area (TPSA) is 91.8 Å². The number of guanidine groups is 1. The van der Waals surface area contributed by atoms with Crippen molar-refractivity contribution in [1.29, 1.82) is 0 Å². The highest BCUT2D eigenvalue weighted by atomic mass is 127. The van der Waals surface area contributed by atoms with E-state index in [0.717, 1.165) is 25.1 Å². The molecule has 0 saturated heterocycles. The maximum atomic E-state index is 12.0. The van der Waals surface area contributed by atoms with Crippen molar-refractivity contribution < 1.29 is 13.2 Å². The molecule has 7 nitrogen and oxygen atoms in total. The van der Waals surface area contributed by atoms with Gasteiger partial charge >= 0.3 is 0 Å². The summed E-state index contributed by atoms with van der Waals surface area (Å²) in [6, 6.07) is 16.9. The van der Waals surface area contributed by atoms with Gasteiger partial charge in [0.2, 0.25) is 10.0 Å². The molecular weight excluding hydrogens is 527 g/mol. The van der Waals surface area contributed by atoms with Crippen LogP contribution in [0.5, 0.6) is 0 Å². The van der Waals surface area contributed by atoms with Crippen molar-refractivity contribution in [2.45, 2.75) is 37.8 Å². The van der Waals surface area contributed by atoms with Crippen LogP contribution in [0.2, 0.25) is 0 Å². The molecule has 0 fully saturated rings. The van der Waals surface area contributed by atoms with E-state index in [0.29, 0.717) is 19.1 Å². The van der Waals surface area contributed by atoms with E-state index >= 15 is 0 Å². The van der Waals surface area contributed by atoms with E-state index in [-0.39, 0.29) is 35.0 Å². The Labute approximate surface area is 203 Å². The summed E-state index contributed by atoms with van der Waals surface area (Å²) in [6.45, 7) is 6.54. The first-order valence-corrected chi connectivity index (χ1v) is 11.7. The van der Waals surface area contributed by atoms with Crippen molar-refractivity contribution in [3.63, 3.8) is 0 Å². The number of nitrogens with zero attached hydrogens (tertiary/aromatic N) is 1. The van der Waals surface area contributed by atoms with Crippen LogP contribution in [-0.2, 0) is 21.3 Å². The maximum absolute atomic E-state index is 12.0. The third-order valence-electron chi connectivity index (χ3n) is 4.49. The summed E-state index contributed by atoms with van der Waals surface area (Å²) in [7, 11) is -2.06. The summed E-state index contributed by atoms with van der Waals surface area (Å²) < 4.78 is 32.1. The lowest BCUT2D eigenvalue weighted by atomic mass is 10.1. The van der Waals surface area contributed by atoms with Crippen molar-refractivity contribution in [2.75, 3.05) is 26.7 Å². The molecule has 0 amide bonds. The summed E-state index contributed by atoms with van der Waals surface area (Å²) in [5, 5.41) is 6.49. The number of sulfonamides is 1. The Morgan fingerprint density at radius 1 is 1.10 bits per heavy atom. The summed E-state index contributed by atoms with van der Waals surface area (Å²) in [6.07, 6.45) is 0.909. The van der Waals surface area contributed by atoms with Crippen LogP contribution in [0, 0.1) is 0 Å². The zero-order chi connectivity index (χ0) is 21.8. The minimum absolute atomic E-state index is 0. The normalized spacial score (nSPS) is 12.7. The van der Waals surface area contributed by atoms with E-state index in [4.69, 9.17) is 4.74 Å². The van der Waals surface area contributed by atoms with Gasteiger partial charge in [0.05, 0.1) is 17.5 Å². The van der Waals surface area contributed by atoms with E-state index in [2.05, 4.69) is 39.4 Å². The zero-order valence-electron chi connectivity index (χ0n) is 18.3. The van der Waals surface area contributed by atoms with Gasteiger partial charge in [-0.3, -0.25) is 0 Å². The lowest BCUT2D eigenvalue weighted by molar-refractivity contribution is 0.0646. The van der Waals surface area contributed by atoms with Gasteiger partial charge in [-0.05, 0) is 50.6 Å². The molecule has 2 aromatic carbocycles. The largest absolute Gasteiger partial charge is 0.374 e. The Bertz CT molecular complexity index is 908. The van der Waals surface area contributed by atoms with Gasteiger partial charge in [-0.15, -0.1) is 24.0 Å². The molecule has 0 heterocycles. The summed E-state index contributed by atoms with van der Waals surface area (Å²) in [4.78, 5) is 4.79. The van der Waals surface area contributed by atoms with E-state index in [1.807, 2.05) is 31.2 Å². The quantitative estimate of drug-likeness (QED) is 0.170. The molecule has 9 heteroatoms. The van der Waals surface area contributed by atoms with Crippen molar-refractivity contribution in [3.8, 4) is 0 Å². The molecule has 0 spiro atoms. The number of aliphatic imine (C=N–C) groups is 1. The Kier molecular flexibility index (Phi) is 12.7. The van der Waals surface area contributed by atoms with E-state index in [1.165, 1.54) is 12.6 Å². The first-order chi connectivity index (χ1) is 14.5. The molecule has 0 bridgehead atoms. The number of halogens is 1. The van der Waals surface area contributed by atoms with Crippen LogP contribution in [0.4, 0.5) is 0 Å². The molecule has 172 valence electrons. The third kappa shape index (κ3) is 9.55. The summed E-state index contributed by atoms with van der Waals surface area (Å²) in [5.41, 5.74) is 1.99. The molecule has 0 aliphatic rings. The molecular formula is C22H33IN4O3S. The Balaban J connectivity index is 0.00000480. The first-order valence-electron chi connectivity index (χ1n) is 10.2. The van der Waals surface area contributed by atoms with Crippen LogP contribution in [0.3, 0.4) is 0 Å². The third-order valence-corrected chi connectivity index (χ3v) is 5.90. The molecule has 3 N–H and O–H groups in total. The SMILES string of the molecule is CCNC(=NCc1cccc(S(=O)(=O)NC)c1)NCCCOC(C)c1ccccc1.I. The van der Waals surface area contributed by atoms with Crippen molar-refractivity contribution >= 4 is 40.0 Å². The van der Waals surface area contributed by atoms with Crippen LogP contribution in [-0.4, -0.2) is 41.1 Å². The molecule has 0 saturated carbocycles. The second-order valence-electron chi connectivity index (χ2n) is 6.75. The van der Waals surface area contributed by atoms with E-state index < -0.39 is 10.0 Å². The summed E-state index contributed by atoms with van der Waals surface area (Å²) >= 11 is 0. The fourth-order valence-electron chi connectivity index (χ4n) is 2.80. The average Bonchev–Trinajstić information content (AvgIpc) is 2.77. The van der Waals surface area contributed by atoms with Crippen LogP contribution >= 0.6 is 24.0 Å². The molecule has 2 aromatic rings. The Morgan fingerprint density at radius 2 is 1.84 bits per heavy atom. The number of rotatable bonds is 11. The number of ether oxygens (including phenoxy) is 1. The molecule has 2 rings (SSSR count). The number of hydrogen-bond acceptors (Lipinski definition) is 4. The minimum atomic E-state index is -3.46. The number of benzene rings is 2. The zero-order valence-corrected chi connectivity index (χ0v) is 21.4. The second-order valence-corrected chi connectivity index (χ2v) is 8.64. The van der Waals surface area contributed by atoms with Crippen molar-refractivity contribution in [1.82, 2.24) is 15.4 Å². The average molecular weight is 561 g/mol. The highest BCUT2D eigenvalue weighted by Gasteiger charge is 2.11. The van der Waals surface area contributed by atoms with E-state index in [9.17, 15) is 8.42 Å². The highest BCUT2D eigenvalue weighted by molar-refractivity contribution is 14.0. The van der Waals surface area contributed by atoms with Gasteiger partial charge in [-0.25, -0.2) is 18.1 Å². The van der Waals surface area contributed by atoms with Gasteiger partial charge in [0.25, 0.3) is 0 Å². The standard InChI is InChI=1S/C22H32N4O3S.HI/c1-4-24-22(25-14-9-15-29-18(2)20-11-6-5-7-12-20)26-17-19-10-8-13-21(16-19)30(27,28)23-3;/h5-8,10-13,16,18,23H,4,9,14-15,17H2,1-3H3,(H2,24,25,26);1H. The molecule has 1 atom stereocenters. The Morgan fingerprint density at radius 3 is 2.52 bits per heavy atom. The molecule has 1 unspecified atom stereocenters. The Hall–Kier alpha value is -1.69. The fraction of sp³-hybridized carbons (Fsp3) is 0.409. The highest BCUT2D eigenvalue weighted by Crippen LogP contribution is 2.15. The van der Waals surface area contributed by atoms with Gasteiger partial charge in [0.15, 0.2) is 5.96 Å². The van der Waals surface area contributed by atoms with Gasteiger partial charge in [0, 0.05) is 19.7 Å². The van der Waals surface area contributed by atoms with Gasteiger partial charge in [-0.1, -0.05) is 42.5 Å². The predicted octanol–water partition coefficient (Wildman–Crippen LogP) is 3.44. The first kappa shape index (κ1) is 27.3. The fourth-order valence-corrected chi connectivity index (χ4v) is 3.60. The van der Waals surface area contributed by atoms with Crippen LogP contribution in [0.1, 0.15) is 37.5 Å². The molecule has 0 aliphatic carbocycles. The molecule has 0 radical (unpaired) electrons. The number of hydrogen-bond donors (Lipinski definition) is 3. The molecule has 31 heavy (non-hydrogen) atoms. The molecule has 0 aliphatic heterocycles. The molecule has 0 aromatic heterocycles. The van der Waals surface area contributed by atoms with Crippen molar-refractivity contribution in [2.24, 2.45) is 4.99 Å². The van der Waals surface area contributed by atoms with Gasteiger partial charge < -0.3 is 15.4 Å². The smallest absolute Gasteiger partial charge is 0.240 e. The minimum Gasteiger partial charge on any atom is -0.374 e. The van der Waals surface area contributed by atoms with Gasteiger partial charge in [0.1, 0.15) is 0 Å². The predicted molar refractivity (Wildman–Crippen MR) is 136 cm³/mol. The van der Waals surface area contributed by atoms with E-state index in [1.54, 1.807) is 18.2 Å². The lowest BCUT2D eigenvalue weighted by Crippen LogP contribution is -2.38. The van der Waals surface area contributed by atoms with Crippen LogP contribution < -0.4 is 15.4 Å². The second kappa shape index (κ2) is 14.4. The van der Waals surface area contributed by atoms with Gasteiger partial charge in [-0.2, -0.15) is 0 Å². The number of nitrogens with one attached hydrogen (secondary N) is 3. The van der Waals surface area contributed by atoms with Crippen LogP contribution in [0.25, 0.3) is 0 Å². The maximum Gasteiger partial charge on any atom is 0.240 e. The van der Waals surface area contributed by atoms with Crippen LogP contribution in [0.15, 0.2) is 64.5 Å². The monoisotopic (exact) mass is 560 g/mol.